The lowest BCUT2D eigenvalue weighted by atomic mass is 10.00. The van der Waals surface area contributed by atoms with E-state index >= 15 is 0 Å². The molecule has 0 bridgehead atoms. The summed E-state index contributed by atoms with van der Waals surface area (Å²) in [7, 11) is 0. The largest absolute Gasteiger partial charge is 0.493 e. The Kier molecular flexibility index (Phi) is 6.93. The number of fused-ring (bicyclic) bond motifs is 1. The summed E-state index contributed by atoms with van der Waals surface area (Å²) in [6, 6.07) is 6.77. The molecule has 2 rings (SSSR count). The van der Waals surface area contributed by atoms with E-state index in [0.29, 0.717) is 0 Å². The number of hydrogen-bond acceptors (Lipinski definition) is 2. The van der Waals surface area contributed by atoms with Crippen LogP contribution in [0.4, 0.5) is 0 Å². The Morgan fingerprint density at radius 3 is 2.90 bits per heavy atom. The molecule has 1 heterocycles. The molecule has 0 unspecified atom stereocenters. The van der Waals surface area contributed by atoms with E-state index in [1.54, 1.807) is 0 Å². The predicted molar refractivity (Wildman–Crippen MR) is 85.6 cm³/mol. The van der Waals surface area contributed by atoms with Crippen LogP contribution >= 0.6 is 0 Å². The number of benzene rings is 1. The van der Waals surface area contributed by atoms with Gasteiger partial charge < -0.3 is 10.1 Å². The highest BCUT2D eigenvalue weighted by Crippen LogP contribution is 2.26. The maximum Gasteiger partial charge on any atom is 0.122 e. The zero-order valence-corrected chi connectivity index (χ0v) is 12.9. The lowest BCUT2D eigenvalue weighted by Crippen LogP contribution is -2.15. The fourth-order valence-electron chi connectivity index (χ4n) is 2.80. The summed E-state index contributed by atoms with van der Waals surface area (Å²) < 4.78 is 5.66. The van der Waals surface area contributed by atoms with Gasteiger partial charge in [-0.05, 0) is 68.8 Å². The summed E-state index contributed by atoms with van der Waals surface area (Å²) in [4.78, 5) is 0. The van der Waals surface area contributed by atoms with Crippen LogP contribution in [0.3, 0.4) is 0 Å². The molecule has 2 heteroatoms. The predicted octanol–water partition coefficient (Wildman–Crippen LogP) is 4.11. The van der Waals surface area contributed by atoms with E-state index in [9.17, 15) is 0 Å². The third kappa shape index (κ3) is 5.16. The van der Waals surface area contributed by atoms with Gasteiger partial charge in [-0.15, -0.1) is 0 Å². The number of ether oxygens (including phenoxy) is 1. The third-order valence-corrected chi connectivity index (χ3v) is 3.97. The second-order valence-corrected chi connectivity index (χ2v) is 5.81. The monoisotopic (exact) mass is 275 g/mol. The molecule has 0 saturated heterocycles. The Balaban J connectivity index is 1.60. The highest BCUT2D eigenvalue weighted by atomic mass is 16.5. The quantitative estimate of drug-likeness (QED) is 0.685. The van der Waals surface area contributed by atoms with Crippen molar-refractivity contribution in [2.75, 3.05) is 19.7 Å². The van der Waals surface area contributed by atoms with Gasteiger partial charge in [0, 0.05) is 0 Å². The lowest BCUT2D eigenvalue weighted by molar-refractivity contribution is 0.288. The van der Waals surface area contributed by atoms with Crippen molar-refractivity contribution in [1.29, 1.82) is 0 Å². The molecule has 0 spiro atoms. The van der Waals surface area contributed by atoms with Gasteiger partial charge in [-0.25, -0.2) is 0 Å². The van der Waals surface area contributed by atoms with Gasteiger partial charge in [0.1, 0.15) is 5.75 Å². The van der Waals surface area contributed by atoms with Crippen LogP contribution in [0, 0.1) is 0 Å². The molecule has 0 fully saturated rings. The fourth-order valence-corrected chi connectivity index (χ4v) is 2.80. The fraction of sp³-hybridized carbons (Fsp3) is 0.667. The van der Waals surface area contributed by atoms with Crippen molar-refractivity contribution in [3.63, 3.8) is 0 Å². The molecule has 1 aliphatic rings. The first-order valence-corrected chi connectivity index (χ1v) is 8.35. The van der Waals surface area contributed by atoms with Crippen LogP contribution in [0.2, 0.25) is 0 Å². The zero-order valence-electron chi connectivity index (χ0n) is 12.9. The van der Waals surface area contributed by atoms with E-state index in [-0.39, 0.29) is 0 Å². The average Bonchev–Trinajstić information content (AvgIpc) is 2.50. The van der Waals surface area contributed by atoms with E-state index in [4.69, 9.17) is 4.74 Å². The van der Waals surface area contributed by atoms with Crippen molar-refractivity contribution in [3.05, 3.63) is 29.3 Å². The number of nitrogens with one attached hydrogen (secondary N) is 1. The van der Waals surface area contributed by atoms with Crippen LogP contribution in [0.15, 0.2) is 18.2 Å². The van der Waals surface area contributed by atoms with Crippen LogP contribution in [0.5, 0.6) is 5.75 Å². The van der Waals surface area contributed by atoms with Crippen molar-refractivity contribution >= 4 is 0 Å². The first-order chi connectivity index (χ1) is 9.90. The highest BCUT2D eigenvalue weighted by molar-refractivity contribution is 5.38. The summed E-state index contributed by atoms with van der Waals surface area (Å²) in [5.41, 5.74) is 2.90. The minimum Gasteiger partial charge on any atom is -0.493 e. The summed E-state index contributed by atoms with van der Waals surface area (Å²) in [5, 5.41) is 3.46. The Bertz CT molecular complexity index is 389. The third-order valence-electron chi connectivity index (χ3n) is 3.97. The lowest BCUT2D eigenvalue weighted by Gasteiger charge is -2.17. The SMILES string of the molecule is CCCNCCCCCCc1ccc2c(c1)CCCO2. The highest BCUT2D eigenvalue weighted by Gasteiger charge is 2.10. The molecule has 0 saturated carbocycles. The molecule has 20 heavy (non-hydrogen) atoms. The van der Waals surface area contributed by atoms with Crippen LogP contribution in [0.25, 0.3) is 0 Å². The molecule has 112 valence electrons. The molecule has 2 nitrogen and oxygen atoms in total. The van der Waals surface area contributed by atoms with E-state index < -0.39 is 0 Å². The van der Waals surface area contributed by atoms with E-state index in [1.807, 2.05) is 0 Å². The number of aryl methyl sites for hydroxylation is 2. The van der Waals surface area contributed by atoms with Crippen molar-refractivity contribution in [3.8, 4) is 5.75 Å². The maximum absolute atomic E-state index is 5.66. The molecular formula is C18H29NO. The van der Waals surface area contributed by atoms with E-state index in [1.165, 1.54) is 69.0 Å². The average molecular weight is 275 g/mol. The summed E-state index contributed by atoms with van der Waals surface area (Å²) in [6.45, 7) is 5.45. The van der Waals surface area contributed by atoms with Gasteiger partial charge in [-0.2, -0.15) is 0 Å². The minimum atomic E-state index is 0.887. The van der Waals surface area contributed by atoms with E-state index in [0.717, 1.165) is 18.9 Å². The van der Waals surface area contributed by atoms with Crippen LogP contribution in [0.1, 0.15) is 56.6 Å². The van der Waals surface area contributed by atoms with Gasteiger partial charge in [0.2, 0.25) is 0 Å². The molecule has 0 amide bonds. The normalized spacial score (nSPS) is 13.8. The molecule has 0 atom stereocenters. The molecule has 1 aliphatic heterocycles. The van der Waals surface area contributed by atoms with Crippen molar-refractivity contribution in [2.24, 2.45) is 0 Å². The zero-order chi connectivity index (χ0) is 14.0. The van der Waals surface area contributed by atoms with Crippen LogP contribution in [-0.2, 0) is 12.8 Å². The minimum absolute atomic E-state index is 0.887. The van der Waals surface area contributed by atoms with E-state index in [2.05, 4.69) is 30.4 Å². The Labute approximate surface area is 123 Å². The van der Waals surface area contributed by atoms with Crippen LogP contribution < -0.4 is 10.1 Å². The van der Waals surface area contributed by atoms with Crippen molar-refractivity contribution < 1.29 is 4.74 Å². The van der Waals surface area contributed by atoms with Crippen molar-refractivity contribution in [1.82, 2.24) is 5.32 Å². The number of unbranched alkanes of at least 4 members (excludes halogenated alkanes) is 3. The molecule has 1 aromatic rings. The summed E-state index contributed by atoms with van der Waals surface area (Å²) in [5.74, 6) is 1.11. The summed E-state index contributed by atoms with van der Waals surface area (Å²) >= 11 is 0. The first kappa shape index (κ1) is 15.4. The number of hydrogen-bond donors (Lipinski definition) is 1. The molecule has 1 aromatic carbocycles. The van der Waals surface area contributed by atoms with Gasteiger partial charge in [0.05, 0.1) is 6.61 Å². The van der Waals surface area contributed by atoms with Crippen molar-refractivity contribution in [2.45, 2.75) is 58.3 Å². The smallest absolute Gasteiger partial charge is 0.122 e. The van der Waals surface area contributed by atoms with Crippen LogP contribution in [-0.4, -0.2) is 19.7 Å². The number of rotatable bonds is 9. The second-order valence-electron chi connectivity index (χ2n) is 5.81. The Morgan fingerprint density at radius 2 is 2.00 bits per heavy atom. The van der Waals surface area contributed by atoms with Gasteiger partial charge in [-0.3, -0.25) is 0 Å². The Morgan fingerprint density at radius 1 is 1.10 bits per heavy atom. The maximum atomic E-state index is 5.66. The summed E-state index contributed by atoms with van der Waals surface area (Å²) in [6.07, 6.45) is 10.1. The molecule has 0 radical (unpaired) electrons. The molecule has 1 N–H and O–H groups in total. The van der Waals surface area contributed by atoms with Gasteiger partial charge in [0.15, 0.2) is 0 Å². The van der Waals surface area contributed by atoms with Gasteiger partial charge in [0.25, 0.3) is 0 Å². The molecule has 0 aliphatic carbocycles. The standard InChI is InChI=1S/C18H29NO/c1-2-12-19-13-6-4-3-5-8-16-10-11-18-17(15-16)9-7-14-20-18/h10-11,15,19H,2-9,12-14H2,1H3. The molecular weight excluding hydrogens is 246 g/mol. The van der Waals surface area contributed by atoms with Gasteiger partial charge in [-0.1, -0.05) is 31.9 Å². The molecule has 0 aromatic heterocycles. The second kappa shape index (κ2) is 9.02. The van der Waals surface area contributed by atoms with Gasteiger partial charge >= 0.3 is 0 Å². The topological polar surface area (TPSA) is 21.3 Å². The first-order valence-electron chi connectivity index (χ1n) is 8.35. The Hall–Kier alpha value is -1.02.